The van der Waals surface area contributed by atoms with E-state index in [4.69, 9.17) is 40.6 Å². The molecule has 0 fully saturated rings. The predicted octanol–water partition coefficient (Wildman–Crippen LogP) is 17.1. The van der Waals surface area contributed by atoms with Gasteiger partial charge in [0.25, 0.3) is 0 Å². The van der Waals surface area contributed by atoms with Gasteiger partial charge in [-0.3, -0.25) is 14.4 Å². The zero-order valence-electron chi connectivity index (χ0n) is 44.3. The monoisotopic (exact) mass is 1020 g/mol. The molecule has 0 bridgehead atoms. The summed E-state index contributed by atoms with van der Waals surface area (Å²) >= 11 is 6.01. The number of benzene rings is 6. The topological polar surface area (TPSA) is 129 Å². The van der Waals surface area contributed by atoms with Gasteiger partial charge in [0.2, 0.25) is 0 Å². The molecule has 74 heavy (non-hydrogen) atoms. The Morgan fingerprint density at radius 3 is 1.39 bits per heavy atom. The maximum atomic E-state index is 12.7. The van der Waals surface area contributed by atoms with E-state index >= 15 is 0 Å². The van der Waals surface area contributed by atoms with Crippen LogP contribution in [0.2, 0.25) is 5.02 Å². The van der Waals surface area contributed by atoms with Gasteiger partial charge in [0, 0.05) is 33.9 Å². The number of unbranched alkanes of at least 4 members (excludes halogenated alkanes) is 14. The number of hydrogen-bond donors (Lipinski definition) is 0. The van der Waals surface area contributed by atoms with E-state index in [0.29, 0.717) is 49.9 Å². The van der Waals surface area contributed by atoms with Crippen molar-refractivity contribution < 1.29 is 38.1 Å². The number of carbonyl (C=O) groups is 4. The SMILES string of the molecule is C=O.CCCCCCCCCCOc1ccc(C(=O)c2ccc(C)c(OC)c2)cc1.CCCCCCCCCCOc1ccc(Oc2ccc(C=O)c(Cl)c2)cc1.Cc1ccc(C(=O)c2ccc(C#N)cc2)cc1. The molecule has 10 heteroatoms. The van der Waals surface area contributed by atoms with Crippen molar-refractivity contribution in [3.05, 3.63) is 183 Å². The first kappa shape index (κ1) is 61.3. The van der Waals surface area contributed by atoms with Crippen LogP contribution in [0.25, 0.3) is 0 Å². The van der Waals surface area contributed by atoms with Gasteiger partial charge in [0.1, 0.15) is 35.5 Å². The zero-order valence-corrected chi connectivity index (χ0v) is 45.1. The van der Waals surface area contributed by atoms with E-state index in [2.05, 4.69) is 13.8 Å². The van der Waals surface area contributed by atoms with Gasteiger partial charge in [-0.1, -0.05) is 157 Å². The Balaban J connectivity index is 0.000000296. The molecule has 0 aliphatic heterocycles. The normalized spacial score (nSPS) is 10.2. The molecule has 9 nitrogen and oxygen atoms in total. The van der Waals surface area contributed by atoms with Gasteiger partial charge < -0.3 is 23.7 Å². The maximum Gasteiger partial charge on any atom is 0.193 e. The van der Waals surface area contributed by atoms with Gasteiger partial charge in [0.05, 0.1) is 37.0 Å². The van der Waals surface area contributed by atoms with Crippen LogP contribution in [0.15, 0.2) is 133 Å². The highest BCUT2D eigenvalue weighted by atomic mass is 35.5. The van der Waals surface area contributed by atoms with Crippen molar-refractivity contribution in [2.75, 3.05) is 20.3 Å². The van der Waals surface area contributed by atoms with Crippen LogP contribution >= 0.6 is 11.6 Å². The number of nitriles is 1. The summed E-state index contributed by atoms with van der Waals surface area (Å²) < 4.78 is 22.7. The van der Waals surface area contributed by atoms with Crippen LogP contribution in [-0.2, 0) is 4.79 Å². The van der Waals surface area contributed by atoms with E-state index in [1.54, 1.807) is 55.6 Å². The van der Waals surface area contributed by atoms with Crippen molar-refractivity contribution in [2.24, 2.45) is 0 Å². The number of ketones is 2. The van der Waals surface area contributed by atoms with Gasteiger partial charge in [-0.15, -0.1) is 0 Å². The molecule has 0 saturated carbocycles. The summed E-state index contributed by atoms with van der Waals surface area (Å²) in [4.78, 5) is 43.5. The predicted molar refractivity (Wildman–Crippen MR) is 300 cm³/mol. The number of halogens is 1. The van der Waals surface area contributed by atoms with E-state index in [-0.39, 0.29) is 11.6 Å². The van der Waals surface area contributed by atoms with Crippen molar-refractivity contribution in [3.63, 3.8) is 0 Å². The van der Waals surface area contributed by atoms with E-state index < -0.39 is 0 Å². The Hall–Kier alpha value is -7.02. The number of carbonyl (C=O) groups excluding carboxylic acids is 4. The Morgan fingerprint density at radius 2 is 0.932 bits per heavy atom. The molecule has 0 N–H and O–H groups in total. The van der Waals surface area contributed by atoms with Crippen LogP contribution in [0.5, 0.6) is 28.7 Å². The van der Waals surface area contributed by atoms with Crippen molar-refractivity contribution in [3.8, 4) is 34.8 Å². The number of methoxy groups -OCH3 is 1. The summed E-state index contributed by atoms with van der Waals surface area (Å²) in [5, 5.41) is 9.06. The lowest BCUT2D eigenvalue weighted by Crippen LogP contribution is -2.03. The largest absolute Gasteiger partial charge is 0.496 e. The molecular formula is C64H76ClNO8. The first-order valence-electron chi connectivity index (χ1n) is 26.1. The zero-order chi connectivity index (χ0) is 53.8. The van der Waals surface area contributed by atoms with Crippen molar-refractivity contribution in [2.45, 2.75) is 130 Å². The van der Waals surface area contributed by atoms with Crippen LogP contribution in [0.1, 0.15) is 175 Å². The Kier molecular flexibility index (Phi) is 30.5. The Bertz CT molecular complexity index is 2570. The minimum absolute atomic E-state index is 0.00655. The third-order valence-electron chi connectivity index (χ3n) is 12.1. The van der Waals surface area contributed by atoms with Crippen molar-refractivity contribution in [1.29, 1.82) is 5.26 Å². The average molecular weight is 1020 g/mol. The number of nitrogens with zero attached hydrogens (tertiary/aromatic N) is 1. The Morgan fingerprint density at radius 1 is 0.527 bits per heavy atom. The molecule has 0 aliphatic rings. The average Bonchev–Trinajstić information content (AvgIpc) is 3.43. The van der Waals surface area contributed by atoms with E-state index in [1.165, 1.54) is 89.9 Å². The first-order chi connectivity index (χ1) is 36.1. The van der Waals surface area contributed by atoms with Crippen molar-refractivity contribution in [1.82, 2.24) is 0 Å². The molecule has 0 aromatic heterocycles. The number of ether oxygens (including phenoxy) is 4. The fourth-order valence-corrected chi connectivity index (χ4v) is 7.87. The molecule has 0 aliphatic carbocycles. The number of hydrogen-bond acceptors (Lipinski definition) is 9. The van der Waals surface area contributed by atoms with Crippen LogP contribution in [0, 0.1) is 25.2 Å². The second-order valence-corrected chi connectivity index (χ2v) is 18.4. The third kappa shape index (κ3) is 23.2. The summed E-state index contributed by atoms with van der Waals surface area (Å²) in [6.45, 7) is 11.9. The molecule has 0 amide bonds. The lowest BCUT2D eigenvalue weighted by Gasteiger charge is -2.09. The minimum Gasteiger partial charge on any atom is -0.496 e. The molecule has 6 aromatic rings. The molecule has 6 rings (SSSR count). The highest BCUT2D eigenvalue weighted by molar-refractivity contribution is 6.33. The summed E-state index contributed by atoms with van der Waals surface area (Å²) in [7, 11) is 1.62. The van der Waals surface area contributed by atoms with Crippen LogP contribution in [0.3, 0.4) is 0 Å². The second kappa shape index (κ2) is 36.8. The molecule has 0 radical (unpaired) electrons. The second-order valence-electron chi connectivity index (χ2n) is 17.9. The smallest absolute Gasteiger partial charge is 0.193 e. The maximum absolute atomic E-state index is 12.7. The molecule has 6 aromatic carbocycles. The summed E-state index contributed by atoms with van der Waals surface area (Å²) in [6.07, 6.45) is 21.4. The van der Waals surface area contributed by atoms with Crippen LogP contribution in [-0.4, -0.2) is 45.0 Å². The molecule has 392 valence electrons. The molecule has 0 heterocycles. The van der Waals surface area contributed by atoms with Gasteiger partial charge in [-0.2, -0.15) is 5.26 Å². The molecule has 0 unspecified atom stereocenters. The van der Waals surface area contributed by atoms with Crippen LogP contribution in [0.4, 0.5) is 0 Å². The van der Waals surface area contributed by atoms with Gasteiger partial charge in [-0.25, -0.2) is 0 Å². The molecular weight excluding hydrogens is 946 g/mol. The highest BCUT2D eigenvalue weighted by Gasteiger charge is 2.12. The van der Waals surface area contributed by atoms with Gasteiger partial charge in [-0.05, 0) is 123 Å². The summed E-state index contributed by atoms with van der Waals surface area (Å²) in [6, 6.07) is 41.7. The molecule has 0 saturated heterocycles. The number of rotatable bonds is 28. The summed E-state index contributed by atoms with van der Waals surface area (Å²) in [5.41, 5.74) is 5.72. The minimum atomic E-state index is -0.0190. The standard InChI is InChI=1S/C25H34O3.C23H29ClO3.C15H11NO.CH2O/c1-4-5-6-7-8-9-10-11-18-28-23-16-14-21(15-17-23)25(26)22-13-12-20(2)24(19-22)27-3;1-2-3-4-5-6-7-8-9-16-26-20-12-14-21(15-13-20)27-22-11-10-19(18-25)23(24)17-22;1-11-2-6-13(7-3-11)15(17)14-8-4-12(10-16)5-9-14;1-2/h12-17,19H,4-11,18H2,1-3H3;10-15,17-18H,2-9,16H2,1H3;2-9H,1H3;1H2. The lowest BCUT2D eigenvalue weighted by atomic mass is 10.0. The highest BCUT2D eigenvalue weighted by Crippen LogP contribution is 2.28. The quantitative estimate of drug-likeness (QED) is 0.0268. The summed E-state index contributed by atoms with van der Waals surface area (Å²) in [5.74, 6) is 3.67. The first-order valence-corrected chi connectivity index (χ1v) is 26.4. The lowest BCUT2D eigenvalue weighted by molar-refractivity contribution is -0.0980. The van der Waals surface area contributed by atoms with Gasteiger partial charge >= 0.3 is 0 Å². The Labute approximate surface area is 446 Å². The van der Waals surface area contributed by atoms with E-state index in [9.17, 15) is 14.4 Å². The van der Waals surface area contributed by atoms with Gasteiger partial charge in [0.15, 0.2) is 17.9 Å². The molecule has 0 atom stereocenters. The fourth-order valence-electron chi connectivity index (χ4n) is 7.66. The third-order valence-corrected chi connectivity index (χ3v) is 12.4. The van der Waals surface area contributed by atoms with E-state index in [1.807, 2.05) is 112 Å². The molecule has 0 spiro atoms. The number of aryl methyl sites for hydroxylation is 2. The number of aldehydes is 1. The van der Waals surface area contributed by atoms with Crippen molar-refractivity contribution >= 4 is 36.2 Å². The van der Waals surface area contributed by atoms with E-state index in [0.717, 1.165) is 60.7 Å². The van der Waals surface area contributed by atoms with Crippen LogP contribution < -0.4 is 18.9 Å². The fraction of sp³-hybridized carbons (Fsp3) is 0.359.